The standard InChI is InChI=1S/C14H21BrN2O2/c1-17-6-7-19-11(9-17)8-16-14-5-3-4-13(15)12(14)10-18-2/h3-5,11,16H,6-10H2,1-2H3. The summed E-state index contributed by atoms with van der Waals surface area (Å²) in [6, 6.07) is 6.13. The highest BCUT2D eigenvalue weighted by atomic mass is 79.9. The minimum Gasteiger partial charge on any atom is -0.382 e. The maximum Gasteiger partial charge on any atom is 0.0874 e. The summed E-state index contributed by atoms with van der Waals surface area (Å²) in [5, 5.41) is 3.47. The van der Waals surface area contributed by atoms with Gasteiger partial charge in [-0.3, -0.25) is 0 Å². The molecule has 1 fully saturated rings. The number of anilines is 1. The number of halogens is 1. The van der Waals surface area contributed by atoms with E-state index in [0.29, 0.717) is 6.61 Å². The lowest BCUT2D eigenvalue weighted by molar-refractivity contribution is -0.0117. The minimum atomic E-state index is 0.244. The zero-order valence-corrected chi connectivity index (χ0v) is 13.1. The monoisotopic (exact) mass is 328 g/mol. The third-order valence-corrected chi connectivity index (χ3v) is 4.01. The first-order valence-electron chi connectivity index (χ1n) is 6.51. The second kappa shape index (κ2) is 7.24. The molecular weight excluding hydrogens is 308 g/mol. The van der Waals surface area contributed by atoms with Crippen molar-refractivity contribution >= 4 is 21.6 Å². The Balaban J connectivity index is 1.96. The Bertz CT molecular complexity index is 414. The number of rotatable bonds is 5. The molecule has 1 unspecified atom stereocenters. The highest BCUT2D eigenvalue weighted by Crippen LogP contribution is 2.25. The highest BCUT2D eigenvalue weighted by Gasteiger charge is 2.17. The summed E-state index contributed by atoms with van der Waals surface area (Å²) in [4.78, 5) is 2.30. The third kappa shape index (κ3) is 4.18. The molecule has 1 aliphatic rings. The van der Waals surface area contributed by atoms with Crippen LogP contribution >= 0.6 is 15.9 Å². The topological polar surface area (TPSA) is 33.7 Å². The van der Waals surface area contributed by atoms with Crippen LogP contribution in [-0.4, -0.2) is 51.4 Å². The molecule has 0 saturated carbocycles. The zero-order valence-electron chi connectivity index (χ0n) is 11.5. The van der Waals surface area contributed by atoms with Crippen LogP contribution in [0.2, 0.25) is 0 Å². The Morgan fingerprint density at radius 3 is 3.11 bits per heavy atom. The van der Waals surface area contributed by atoms with Gasteiger partial charge in [0.15, 0.2) is 0 Å². The molecule has 1 saturated heterocycles. The summed E-state index contributed by atoms with van der Waals surface area (Å²) in [6.45, 7) is 4.21. The lowest BCUT2D eigenvalue weighted by atomic mass is 10.2. The Labute approximate surface area is 123 Å². The van der Waals surface area contributed by atoms with Crippen LogP contribution in [0.3, 0.4) is 0 Å². The van der Waals surface area contributed by atoms with Gasteiger partial charge in [0, 0.05) is 42.5 Å². The second-order valence-electron chi connectivity index (χ2n) is 4.83. The van der Waals surface area contributed by atoms with Gasteiger partial charge in [-0.05, 0) is 19.2 Å². The molecule has 5 heteroatoms. The number of nitrogens with zero attached hydrogens (tertiary/aromatic N) is 1. The van der Waals surface area contributed by atoms with Crippen molar-refractivity contribution in [1.29, 1.82) is 0 Å². The van der Waals surface area contributed by atoms with Crippen LogP contribution in [0.1, 0.15) is 5.56 Å². The van der Waals surface area contributed by atoms with Crippen molar-refractivity contribution in [3.05, 3.63) is 28.2 Å². The first-order chi connectivity index (χ1) is 9.20. The van der Waals surface area contributed by atoms with Crippen LogP contribution in [0.15, 0.2) is 22.7 Å². The van der Waals surface area contributed by atoms with Crippen molar-refractivity contribution in [2.24, 2.45) is 0 Å². The number of ether oxygens (including phenoxy) is 2. The molecule has 106 valence electrons. The highest BCUT2D eigenvalue weighted by molar-refractivity contribution is 9.10. The van der Waals surface area contributed by atoms with E-state index in [4.69, 9.17) is 9.47 Å². The predicted molar refractivity (Wildman–Crippen MR) is 80.6 cm³/mol. The molecule has 0 bridgehead atoms. The molecule has 1 aromatic rings. The lowest BCUT2D eigenvalue weighted by Gasteiger charge is -2.30. The Morgan fingerprint density at radius 2 is 2.37 bits per heavy atom. The van der Waals surface area contributed by atoms with E-state index >= 15 is 0 Å². The van der Waals surface area contributed by atoms with E-state index in [0.717, 1.165) is 42.0 Å². The normalized spacial score (nSPS) is 20.5. The van der Waals surface area contributed by atoms with Crippen LogP contribution < -0.4 is 5.32 Å². The summed E-state index contributed by atoms with van der Waals surface area (Å²) in [7, 11) is 3.84. The molecule has 0 spiro atoms. The average Bonchev–Trinajstić information content (AvgIpc) is 2.40. The van der Waals surface area contributed by atoms with Gasteiger partial charge in [-0.2, -0.15) is 0 Å². The van der Waals surface area contributed by atoms with Gasteiger partial charge < -0.3 is 19.7 Å². The molecule has 2 rings (SSSR count). The van der Waals surface area contributed by atoms with E-state index in [9.17, 15) is 0 Å². The van der Waals surface area contributed by atoms with Crippen LogP contribution in [0.5, 0.6) is 0 Å². The van der Waals surface area contributed by atoms with Gasteiger partial charge in [-0.25, -0.2) is 0 Å². The Kier molecular flexibility index (Phi) is 5.63. The second-order valence-corrected chi connectivity index (χ2v) is 5.69. The van der Waals surface area contributed by atoms with Gasteiger partial charge in [0.05, 0.1) is 19.3 Å². The fourth-order valence-corrected chi connectivity index (χ4v) is 2.71. The fraction of sp³-hybridized carbons (Fsp3) is 0.571. The molecule has 0 radical (unpaired) electrons. The summed E-state index contributed by atoms with van der Waals surface area (Å²) >= 11 is 3.56. The molecular formula is C14H21BrN2O2. The summed E-state index contributed by atoms with van der Waals surface area (Å²) in [6.07, 6.45) is 0.244. The molecule has 1 heterocycles. The van der Waals surface area contributed by atoms with E-state index in [2.05, 4.69) is 39.3 Å². The molecule has 1 aromatic carbocycles. The SMILES string of the molecule is COCc1c(Br)cccc1NCC1CN(C)CCO1. The maximum absolute atomic E-state index is 5.75. The number of hydrogen-bond acceptors (Lipinski definition) is 4. The molecule has 0 amide bonds. The summed E-state index contributed by atoms with van der Waals surface area (Å²) < 4.78 is 12.1. The molecule has 1 atom stereocenters. The number of nitrogens with one attached hydrogen (secondary N) is 1. The third-order valence-electron chi connectivity index (χ3n) is 3.27. The predicted octanol–water partition coefficient (Wildman–Crippen LogP) is 2.34. The average molecular weight is 329 g/mol. The minimum absolute atomic E-state index is 0.244. The van der Waals surface area contributed by atoms with E-state index in [-0.39, 0.29) is 6.10 Å². The first kappa shape index (κ1) is 14.8. The van der Waals surface area contributed by atoms with Crippen molar-refractivity contribution in [3.8, 4) is 0 Å². The van der Waals surface area contributed by atoms with E-state index < -0.39 is 0 Å². The Hall–Kier alpha value is -0.620. The quantitative estimate of drug-likeness (QED) is 0.899. The van der Waals surface area contributed by atoms with Gasteiger partial charge in [0.25, 0.3) is 0 Å². The van der Waals surface area contributed by atoms with E-state index in [1.54, 1.807) is 7.11 Å². The number of methoxy groups -OCH3 is 1. The van der Waals surface area contributed by atoms with Gasteiger partial charge >= 0.3 is 0 Å². The number of morpholine rings is 1. The van der Waals surface area contributed by atoms with Crippen molar-refractivity contribution in [3.63, 3.8) is 0 Å². The van der Waals surface area contributed by atoms with Crippen LogP contribution in [0.4, 0.5) is 5.69 Å². The number of hydrogen-bond donors (Lipinski definition) is 1. The van der Waals surface area contributed by atoms with Crippen LogP contribution in [0.25, 0.3) is 0 Å². The molecule has 4 nitrogen and oxygen atoms in total. The molecule has 0 aliphatic carbocycles. The molecule has 19 heavy (non-hydrogen) atoms. The maximum atomic E-state index is 5.75. The van der Waals surface area contributed by atoms with Gasteiger partial charge in [-0.15, -0.1) is 0 Å². The van der Waals surface area contributed by atoms with Crippen molar-refractivity contribution < 1.29 is 9.47 Å². The molecule has 0 aromatic heterocycles. The molecule has 1 aliphatic heterocycles. The van der Waals surface area contributed by atoms with Gasteiger partial charge in [-0.1, -0.05) is 22.0 Å². The number of likely N-dealkylation sites (N-methyl/N-ethyl adjacent to an activating group) is 1. The van der Waals surface area contributed by atoms with Crippen molar-refractivity contribution in [1.82, 2.24) is 4.90 Å². The van der Waals surface area contributed by atoms with Crippen molar-refractivity contribution in [2.75, 3.05) is 45.7 Å². The molecule has 1 N–H and O–H groups in total. The van der Waals surface area contributed by atoms with Crippen LogP contribution in [-0.2, 0) is 16.1 Å². The Morgan fingerprint density at radius 1 is 1.53 bits per heavy atom. The zero-order chi connectivity index (χ0) is 13.7. The lowest BCUT2D eigenvalue weighted by Crippen LogP contribution is -2.43. The van der Waals surface area contributed by atoms with Crippen molar-refractivity contribution in [2.45, 2.75) is 12.7 Å². The summed E-state index contributed by atoms with van der Waals surface area (Å²) in [5.74, 6) is 0. The fourth-order valence-electron chi connectivity index (χ4n) is 2.23. The first-order valence-corrected chi connectivity index (χ1v) is 7.30. The van der Waals surface area contributed by atoms with E-state index in [1.165, 1.54) is 0 Å². The smallest absolute Gasteiger partial charge is 0.0874 e. The van der Waals surface area contributed by atoms with Gasteiger partial charge in [0.2, 0.25) is 0 Å². The number of benzene rings is 1. The summed E-state index contributed by atoms with van der Waals surface area (Å²) in [5.41, 5.74) is 2.25. The van der Waals surface area contributed by atoms with Gasteiger partial charge in [0.1, 0.15) is 0 Å². The van der Waals surface area contributed by atoms with Crippen LogP contribution in [0, 0.1) is 0 Å². The largest absolute Gasteiger partial charge is 0.382 e. The van der Waals surface area contributed by atoms with E-state index in [1.807, 2.05) is 12.1 Å².